The number of benzene rings is 2. The zero-order chi connectivity index (χ0) is 23.8. The lowest BCUT2D eigenvalue weighted by Crippen LogP contribution is -2.38. The monoisotopic (exact) mass is 486 g/mol. The molecular formula is C26H22N4O4S. The SMILES string of the molecule is COc1cccc2cc(-c3nn(-c4ccccc4)cc3/C=C3/SC(N4CCOCC4)=NC3=O)oc12. The van der Waals surface area contributed by atoms with Gasteiger partial charge in [0.2, 0.25) is 0 Å². The molecule has 2 aliphatic rings. The summed E-state index contributed by atoms with van der Waals surface area (Å²) in [4.78, 5) is 19.7. The molecule has 0 radical (unpaired) electrons. The van der Waals surface area contributed by atoms with Gasteiger partial charge in [0.15, 0.2) is 22.3 Å². The van der Waals surface area contributed by atoms with Crippen LogP contribution in [0.25, 0.3) is 34.2 Å². The second-order valence-corrected chi connectivity index (χ2v) is 9.12. The molecule has 1 saturated heterocycles. The minimum Gasteiger partial charge on any atom is -0.493 e. The van der Waals surface area contributed by atoms with Crippen molar-refractivity contribution in [3.05, 3.63) is 71.3 Å². The Labute approximate surface area is 205 Å². The van der Waals surface area contributed by atoms with Gasteiger partial charge in [-0.2, -0.15) is 10.1 Å². The molecular weight excluding hydrogens is 464 g/mol. The molecule has 35 heavy (non-hydrogen) atoms. The number of rotatable bonds is 4. The lowest BCUT2D eigenvalue weighted by molar-refractivity contribution is -0.113. The molecule has 6 rings (SSSR count). The van der Waals surface area contributed by atoms with Crippen LogP contribution in [0.1, 0.15) is 5.56 Å². The summed E-state index contributed by atoms with van der Waals surface area (Å²) in [6, 6.07) is 17.5. The third kappa shape index (κ3) is 4.13. The number of ether oxygens (including phenoxy) is 2. The molecule has 1 fully saturated rings. The summed E-state index contributed by atoms with van der Waals surface area (Å²) < 4.78 is 18.9. The Bertz CT molecular complexity index is 1470. The maximum Gasteiger partial charge on any atom is 0.286 e. The Kier molecular flexibility index (Phi) is 5.63. The van der Waals surface area contributed by atoms with Gasteiger partial charge >= 0.3 is 0 Å². The second kappa shape index (κ2) is 9.09. The van der Waals surface area contributed by atoms with Crippen LogP contribution in [0.5, 0.6) is 5.75 Å². The second-order valence-electron chi connectivity index (χ2n) is 8.11. The first-order valence-corrected chi connectivity index (χ1v) is 12.1. The van der Waals surface area contributed by atoms with Crippen LogP contribution < -0.4 is 4.74 Å². The maximum atomic E-state index is 12.8. The number of morpholine rings is 1. The van der Waals surface area contributed by atoms with Gasteiger partial charge in [0.05, 0.1) is 30.9 Å². The highest BCUT2D eigenvalue weighted by atomic mass is 32.2. The highest BCUT2D eigenvalue weighted by Gasteiger charge is 2.28. The van der Waals surface area contributed by atoms with Crippen molar-refractivity contribution in [2.75, 3.05) is 33.4 Å². The van der Waals surface area contributed by atoms with Crippen molar-refractivity contribution in [1.82, 2.24) is 14.7 Å². The van der Waals surface area contributed by atoms with Gasteiger partial charge in [-0.25, -0.2) is 4.68 Å². The average molecular weight is 487 g/mol. The number of para-hydroxylation sites is 2. The van der Waals surface area contributed by atoms with Gasteiger partial charge < -0.3 is 18.8 Å². The zero-order valence-corrected chi connectivity index (χ0v) is 19.8. The number of fused-ring (bicyclic) bond motifs is 1. The van der Waals surface area contributed by atoms with Gasteiger partial charge in [-0.1, -0.05) is 30.3 Å². The Hall–Kier alpha value is -3.82. The first-order chi connectivity index (χ1) is 17.2. The van der Waals surface area contributed by atoms with Gasteiger partial charge in [0.25, 0.3) is 5.91 Å². The van der Waals surface area contributed by atoms with E-state index in [1.807, 2.05) is 66.9 Å². The van der Waals surface area contributed by atoms with E-state index in [0.717, 1.165) is 34.9 Å². The number of carbonyl (C=O) groups excluding carboxylic acids is 1. The van der Waals surface area contributed by atoms with E-state index in [1.165, 1.54) is 11.8 Å². The summed E-state index contributed by atoms with van der Waals surface area (Å²) in [5.41, 5.74) is 2.96. The summed E-state index contributed by atoms with van der Waals surface area (Å²) in [6.45, 7) is 2.72. The third-order valence-corrected chi connectivity index (χ3v) is 6.95. The quantitative estimate of drug-likeness (QED) is 0.390. The van der Waals surface area contributed by atoms with Gasteiger partial charge in [-0.05, 0) is 42.1 Å². The van der Waals surface area contributed by atoms with Crippen LogP contribution in [-0.2, 0) is 9.53 Å². The number of amidine groups is 1. The van der Waals surface area contributed by atoms with Crippen molar-refractivity contribution in [3.63, 3.8) is 0 Å². The number of aliphatic imine (C=N–C) groups is 1. The summed E-state index contributed by atoms with van der Waals surface area (Å²) in [6.07, 6.45) is 3.75. The van der Waals surface area contributed by atoms with Crippen molar-refractivity contribution in [2.45, 2.75) is 0 Å². The maximum absolute atomic E-state index is 12.8. The molecule has 8 nitrogen and oxygen atoms in total. The summed E-state index contributed by atoms with van der Waals surface area (Å²) in [7, 11) is 1.62. The van der Waals surface area contributed by atoms with Crippen LogP contribution in [0, 0.1) is 0 Å². The van der Waals surface area contributed by atoms with Crippen LogP contribution in [0.4, 0.5) is 0 Å². The number of hydrogen-bond acceptors (Lipinski definition) is 7. The number of methoxy groups -OCH3 is 1. The molecule has 0 bridgehead atoms. The van der Waals surface area contributed by atoms with Crippen molar-refractivity contribution in [1.29, 1.82) is 0 Å². The van der Waals surface area contributed by atoms with E-state index >= 15 is 0 Å². The Morgan fingerprint density at radius 1 is 1.09 bits per heavy atom. The highest BCUT2D eigenvalue weighted by Crippen LogP contribution is 2.37. The summed E-state index contributed by atoms with van der Waals surface area (Å²) in [5.74, 6) is 0.998. The predicted octanol–water partition coefficient (Wildman–Crippen LogP) is 4.60. The summed E-state index contributed by atoms with van der Waals surface area (Å²) in [5, 5.41) is 6.46. The minimum atomic E-state index is -0.249. The number of amides is 1. The fourth-order valence-corrected chi connectivity index (χ4v) is 5.10. The van der Waals surface area contributed by atoms with Crippen molar-refractivity contribution in [2.24, 2.45) is 4.99 Å². The first kappa shape index (κ1) is 21.7. The van der Waals surface area contributed by atoms with E-state index < -0.39 is 0 Å². The van der Waals surface area contributed by atoms with E-state index in [0.29, 0.717) is 40.9 Å². The predicted molar refractivity (Wildman–Crippen MR) is 136 cm³/mol. The van der Waals surface area contributed by atoms with Gasteiger partial charge in [0.1, 0.15) is 5.69 Å². The number of thioether (sulfide) groups is 1. The molecule has 0 aliphatic carbocycles. The Balaban J connectivity index is 1.42. The number of hydrogen-bond donors (Lipinski definition) is 0. The normalized spacial score (nSPS) is 17.4. The van der Waals surface area contributed by atoms with Crippen molar-refractivity contribution < 1.29 is 18.7 Å². The molecule has 2 aliphatic heterocycles. The third-order valence-electron chi connectivity index (χ3n) is 5.90. The molecule has 176 valence electrons. The first-order valence-electron chi connectivity index (χ1n) is 11.3. The molecule has 9 heteroatoms. The van der Waals surface area contributed by atoms with E-state index in [-0.39, 0.29) is 5.91 Å². The molecule has 0 N–H and O–H groups in total. The number of aromatic nitrogens is 2. The average Bonchev–Trinajstić information content (AvgIpc) is 3.62. The van der Waals surface area contributed by atoms with Gasteiger partial charge in [-0.15, -0.1) is 0 Å². The van der Waals surface area contributed by atoms with Crippen molar-refractivity contribution in [3.8, 4) is 22.9 Å². The van der Waals surface area contributed by atoms with Crippen LogP contribution in [0.2, 0.25) is 0 Å². The molecule has 2 aromatic heterocycles. The lowest BCUT2D eigenvalue weighted by Gasteiger charge is -2.27. The molecule has 0 atom stereocenters. The van der Waals surface area contributed by atoms with Crippen LogP contribution in [0.3, 0.4) is 0 Å². The van der Waals surface area contributed by atoms with Crippen LogP contribution in [-0.4, -0.2) is 59.2 Å². The van der Waals surface area contributed by atoms with Gasteiger partial charge in [0, 0.05) is 30.2 Å². The topological polar surface area (TPSA) is 82.1 Å². The Morgan fingerprint density at radius 2 is 1.91 bits per heavy atom. The van der Waals surface area contributed by atoms with E-state index in [4.69, 9.17) is 19.0 Å². The molecule has 1 amide bonds. The zero-order valence-electron chi connectivity index (χ0n) is 19.0. The molecule has 4 aromatic rings. The molecule has 0 unspecified atom stereocenters. The number of nitrogens with zero attached hydrogens (tertiary/aromatic N) is 4. The van der Waals surface area contributed by atoms with E-state index in [2.05, 4.69) is 9.89 Å². The van der Waals surface area contributed by atoms with Crippen molar-refractivity contribution >= 4 is 39.9 Å². The molecule has 4 heterocycles. The number of furan rings is 1. The standard InChI is InChI=1S/C26H22N4O4S/c1-32-20-9-5-6-17-14-21(34-24(17)20)23-18(16-30(28-23)19-7-3-2-4-8-19)15-22-25(31)27-26(35-22)29-10-12-33-13-11-29/h2-9,14-16H,10-13H2,1H3/b22-15+. The minimum absolute atomic E-state index is 0.249. The molecule has 2 aromatic carbocycles. The number of carbonyl (C=O) groups is 1. The van der Waals surface area contributed by atoms with E-state index in [9.17, 15) is 4.79 Å². The summed E-state index contributed by atoms with van der Waals surface area (Å²) >= 11 is 1.38. The van der Waals surface area contributed by atoms with Gasteiger partial charge in [-0.3, -0.25) is 4.79 Å². The van der Waals surface area contributed by atoms with Crippen LogP contribution >= 0.6 is 11.8 Å². The highest BCUT2D eigenvalue weighted by molar-refractivity contribution is 8.18. The smallest absolute Gasteiger partial charge is 0.286 e. The van der Waals surface area contributed by atoms with Crippen LogP contribution in [0.15, 0.2) is 75.1 Å². The van der Waals surface area contributed by atoms with E-state index in [1.54, 1.807) is 11.8 Å². The molecule has 0 saturated carbocycles. The lowest BCUT2D eigenvalue weighted by atomic mass is 10.1. The largest absolute Gasteiger partial charge is 0.493 e. The Morgan fingerprint density at radius 3 is 2.71 bits per heavy atom. The molecule has 0 spiro atoms. The fraction of sp³-hybridized carbons (Fsp3) is 0.192. The fourth-order valence-electron chi connectivity index (χ4n) is 4.14.